The van der Waals surface area contributed by atoms with Gasteiger partial charge in [-0.25, -0.2) is 0 Å². The first-order valence-corrected chi connectivity index (χ1v) is 6.67. The van der Waals surface area contributed by atoms with Crippen LogP contribution in [0, 0.1) is 0 Å². The molecule has 0 spiro atoms. The molecule has 0 amide bonds. The van der Waals surface area contributed by atoms with E-state index in [9.17, 15) is 0 Å². The summed E-state index contributed by atoms with van der Waals surface area (Å²) in [6, 6.07) is 7.83. The van der Waals surface area contributed by atoms with E-state index < -0.39 is 0 Å². The van der Waals surface area contributed by atoms with Gasteiger partial charge in [-0.15, -0.1) is 0 Å². The predicted octanol–water partition coefficient (Wildman–Crippen LogP) is 3.63. The van der Waals surface area contributed by atoms with E-state index in [0.29, 0.717) is 6.61 Å². The molecule has 0 aliphatic rings. The van der Waals surface area contributed by atoms with Crippen molar-refractivity contribution in [2.75, 3.05) is 13.1 Å². The molecule has 0 radical (unpaired) electrons. The van der Waals surface area contributed by atoms with Crippen LogP contribution in [0.15, 0.2) is 24.3 Å². The first-order valence-electron chi connectivity index (χ1n) is 6.29. The van der Waals surface area contributed by atoms with Gasteiger partial charge in [0.05, 0.1) is 12.7 Å². The van der Waals surface area contributed by atoms with E-state index in [1.165, 1.54) is 0 Å². The normalized spacial score (nSPS) is 12.6. The van der Waals surface area contributed by atoms with Crippen molar-refractivity contribution in [1.29, 1.82) is 0 Å². The van der Waals surface area contributed by atoms with Crippen LogP contribution in [0.2, 0.25) is 5.02 Å². The zero-order valence-electron chi connectivity index (χ0n) is 10.7. The fourth-order valence-electron chi connectivity index (χ4n) is 1.62. The third-order valence-corrected chi connectivity index (χ3v) is 3.06. The Bertz CT molecular complexity index is 317. The van der Waals surface area contributed by atoms with E-state index in [0.717, 1.165) is 36.5 Å². The average molecular weight is 256 g/mol. The Morgan fingerprint density at radius 3 is 2.82 bits per heavy atom. The topological polar surface area (TPSA) is 21.3 Å². The standard InChI is InChI=1S/C14H22ClNO/c1-3-16-10-6-7-12(2)17-11-13-8-4-5-9-14(13)15/h4-5,8-9,12,16H,3,6-7,10-11H2,1-2H3. The Balaban J connectivity index is 2.19. The molecule has 0 saturated heterocycles. The maximum absolute atomic E-state index is 6.06. The van der Waals surface area contributed by atoms with E-state index in [2.05, 4.69) is 19.2 Å². The van der Waals surface area contributed by atoms with Crippen molar-refractivity contribution in [2.24, 2.45) is 0 Å². The first kappa shape index (κ1) is 14.5. The largest absolute Gasteiger partial charge is 0.374 e. The molecule has 0 fully saturated rings. The monoisotopic (exact) mass is 255 g/mol. The van der Waals surface area contributed by atoms with Crippen molar-refractivity contribution in [3.05, 3.63) is 34.9 Å². The number of hydrogen-bond donors (Lipinski definition) is 1. The van der Waals surface area contributed by atoms with Crippen LogP contribution in [-0.4, -0.2) is 19.2 Å². The quantitative estimate of drug-likeness (QED) is 0.717. The highest BCUT2D eigenvalue weighted by Gasteiger charge is 2.04. The molecule has 0 aromatic heterocycles. The molecule has 0 aliphatic carbocycles. The smallest absolute Gasteiger partial charge is 0.0734 e. The second kappa shape index (κ2) is 8.51. The molecular formula is C14H22ClNO. The predicted molar refractivity (Wildman–Crippen MR) is 73.5 cm³/mol. The molecule has 1 rings (SSSR count). The van der Waals surface area contributed by atoms with E-state index in [-0.39, 0.29) is 6.10 Å². The molecular weight excluding hydrogens is 234 g/mol. The lowest BCUT2D eigenvalue weighted by Crippen LogP contribution is -2.16. The van der Waals surface area contributed by atoms with Gasteiger partial charge in [-0.1, -0.05) is 36.7 Å². The van der Waals surface area contributed by atoms with Crippen molar-refractivity contribution in [2.45, 2.75) is 39.4 Å². The highest BCUT2D eigenvalue weighted by atomic mass is 35.5. The maximum atomic E-state index is 6.06. The Morgan fingerprint density at radius 1 is 1.35 bits per heavy atom. The molecule has 1 N–H and O–H groups in total. The SMILES string of the molecule is CCNCCCC(C)OCc1ccccc1Cl. The van der Waals surface area contributed by atoms with Gasteiger partial charge >= 0.3 is 0 Å². The molecule has 0 aliphatic heterocycles. The lowest BCUT2D eigenvalue weighted by Gasteiger charge is -2.13. The van der Waals surface area contributed by atoms with Crippen LogP contribution in [-0.2, 0) is 11.3 Å². The summed E-state index contributed by atoms with van der Waals surface area (Å²) in [4.78, 5) is 0. The van der Waals surface area contributed by atoms with Gasteiger partial charge in [0.25, 0.3) is 0 Å². The van der Waals surface area contributed by atoms with Crippen molar-refractivity contribution < 1.29 is 4.74 Å². The van der Waals surface area contributed by atoms with Crippen LogP contribution >= 0.6 is 11.6 Å². The van der Waals surface area contributed by atoms with Gasteiger partial charge in [0, 0.05) is 5.02 Å². The Morgan fingerprint density at radius 2 is 2.12 bits per heavy atom. The van der Waals surface area contributed by atoms with E-state index >= 15 is 0 Å². The molecule has 1 aromatic carbocycles. The fourth-order valence-corrected chi connectivity index (χ4v) is 1.81. The number of nitrogens with one attached hydrogen (secondary N) is 1. The summed E-state index contributed by atoms with van der Waals surface area (Å²) < 4.78 is 5.78. The van der Waals surface area contributed by atoms with Gasteiger partial charge in [-0.3, -0.25) is 0 Å². The van der Waals surface area contributed by atoms with Gasteiger partial charge < -0.3 is 10.1 Å². The van der Waals surface area contributed by atoms with E-state index in [4.69, 9.17) is 16.3 Å². The minimum atomic E-state index is 0.282. The Kier molecular flexibility index (Phi) is 7.25. The summed E-state index contributed by atoms with van der Waals surface area (Å²) in [6.45, 7) is 6.94. The molecule has 0 saturated carbocycles. The number of halogens is 1. The third kappa shape index (κ3) is 6.06. The molecule has 0 bridgehead atoms. The van der Waals surface area contributed by atoms with Gasteiger partial charge in [-0.05, 0) is 44.5 Å². The van der Waals surface area contributed by atoms with Crippen LogP contribution in [0.1, 0.15) is 32.3 Å². The highest BCUT2D eigenvalue weighted by molar-refractivity contribution is 6.31. The summed E-state index contributed by atoms with van der Waals surface area (Å²) in [5, 5.41) is 4.09. The van der Waals surface area contributed by atoms with Crippen LogP contribution < -0.4 is 5.32 Å². The van der Waals surface area contributed by atoms with Gasteiger partial charge in [0.2, 0.25) is 0 Å². The Labute approximate surface area is 109 Å². The lowest BCUT2D eigenvalue weighted by atomic mass is 10.2. The number of hydrogen-bond acceptors (Lipinski definition) is 2. The summed E-state index contributed by atoms with van der Waals surface area (Å²) in [5.41, 5.74) is 1.06. The zero-order chi connectivity index (χ0) is 12.5. The van der Waals surface area contributed by atoms with E-state index in [1.54, 1.807) is 0 Å². The minimum absolute atomic E-state index is 0.282. The number of rotatable bonds is 8. The second-order valence-corrected chi connectivity index (χ2v) is 4.62. The molecule has 1 atom stereocenters. The maximum Gasteiger partial charge on any atom is 0.0734 e. The lowest BCUT2D eigenvalue weighted by molar-refractivity contribution is 0.0464. The molecule has 0 heterocycles. The number of benzene rings is 1. The van der Waals surface area contributed by atoms with Crippen LogP contribution in [0.5, 0.6) is 0 Å². The van der Waals surface area contributed by atoms with Crippen molar-refractivity contribution >= 4 is 11.6 Å². The van der Waals surface area contributed by atoms with Gasteiger partial charge in [0.15, 0.2) is 0 Å². The summed E-state index contributed by atoms with van der Waals surface area (Å²) >= 11 is 6.06. The molecule has 1 unspecified atom stereocenters. The van der Waals surface area contributed by atoms with Gasteiger partial charge in [0.1, 0.15) is 0 Å². The van der Waals surface area contributed by atoms with E-state index in [1.807, 2.05) is 24.3 Å². The first-order chi connectivity index (χ1) is 8.24. The second-order valence-electron chi connectivity index (χ2n) is 4.21. The van der Waals surface area contributed by atoms with Gasteiger partial charge in [-0.2, -0.15) is 0 Å². The third-order valence-electron chi connectivity index (χ3n) is 2.70. The Hall–Kier alpha value is -0.570. The van der Waals surface area contributed by atoms with Crippen LogP contribution in [0.3, 0.4) is 0 Å². The minimum Gasteiger partial charge on any atom is -0.374 e. The van der Waals surface area contributed by atoms with Crippen LogP contribution in [0.25, 0.3) is 0 Å². The summed E-state index contributed by atoms with van der Waals surface area (Å²) in [6.07, 6.45) is 2.51. The molecule has 96 valence electrons. The van der Waals surface area contributed by atoms with Crippen LogP contribution in [0.4, 0.5) is 0 Å². The molecule has 2 nitrogen and oxygen atoms in total. The number of ether oxygens (including phenoxy) is 1. The average Bonchev–Trinajstić information content (AvgIpc) is 2.34. The van der Waals surface area contributed by atoms with Crippen molar-refractivity contribution in [1.82, 2.24) is 5.32 Å². The molecule has 17 heavy (non-hydrogen) atoms. The fraction of sp³-hybridized carbons (Fsp3) is 0.571. The van der Waals surface area contributed by atoms with Crippen molar-refractivity contribution in [3.8, 4) is 0 Å². The molecule has 1 aromatic rings. The summed E-state index contributed by atoms with van der Waals surface area (Å²) in [7, 11) is 0. The highest BCUT2D eigenvalue weighted by Crippen LogP contribution is 2.17. The molecule has 3 heteroatoms. The zero-order valence-corrected chi connectivity index (χ0v) is 11.5. The van der Waals surface area contributed by atoms with Crippen molar-refractivity contribution in [3.63, 3.8) is 0 Å². The summed E-state index contributed by atoms with van der Waals surface area (Å²) in [5.74, 6) is 0.